The van der Waals surface area contributed by atoms with Crippen LogP contribution in [-0.2, 0) is 20.9 Å². The predicted octanol–water partition coefficient (Wildman–Crippen LogP) is 6.18. The van der Waals surface area contributed by atoms with Gasteiger partial charge in [-0.25, -0.2) is 18.5 Å². The van der Waals surface area contributed by atoms with Crippen LogP contribution >= 0.6 is 0 Å². The van der Waals surface area contributed by atoms with E-state index in [1.807, 2.05) is 26.0 Å². The van der Waals surface area contributed by atoms with Crippen LogP contribution in [0.4, 0.5) is 13.2 Å². The quantitative estimate of drug-likeness (QED) is 0.232. The van der Waals surface area contributed by atoms with Gasteiger partial charge in [0, 0.05) is 24.7 Å². The highest BCUT2D eigenvalue weighted by Crippen LogP contribution is 2.45. The van der Waals surface area contributed by atoms with E-state index < -0.39 is 27.9 Å². The highest BCUT2D eigenvalue weighted by molar-refractivity contribution is 7.89. The van der Waals surface area contributed by atoms with Crippen molar-refractivity contribution in [2.45, 2.75) is 43.4 Å². The van der Waals surface area contributed by atoms with E-state index in [1.54, 1.807) is 12.1 Å². The fraction of sp³-hybridized carbons (Fsp3) is 0.321. The molecule has 0 aliphatic rings. The van der Waals surface area contributed by atoms with Gasteiger partial charge in [0.15, 0.2) is 0 Å². The third-order valence-corrected chi connectivity index (χ3v) is 7.42. The van der Waals surface area contributed by atoms with Crippen molar-refractivity contribution < 1.29 is 35.8 Å². The molecule has 0 amide bonds. The zero-order valence-corrected chi connectivity index (χ0v) is 23.2. The van der Waals surface area contributed by atoms with Crippen molar-refractivity contribution in [3.63, 3.8) is 0 Å². The Bertz CT molecular complexity index is 1600. The van der Waals surface area contributed by atoms with Crippen molar-refractivity contribution >= 4 is 21.1 Å². The second-order valence-corrected chi connectivity index (χ2v) is 11.0. The SMILES string of the molecule is COCCC(Oc1ccccc1S(N)(=O)=O)c1cc(OC)c2[nH]c(-c3ccc(C(C)C)cc3)nc2c1C(F)(F)F. The topological polar surface area (TPSA) is 117 Å². The van der Waals surface area contributed by atoms with E-state index in [4.69, 9.17) is 19.3 Å². The van der Waals surface area contributed by atoms with Gasteiger partial charge < -0.3 is 19.2 Å². The van der Waals surface area contributed by atoms with Gasteiger partial charge in [-0.15, -0.1) is 0 Å². The number of primary sulfonamides is 1. The van der Waals surface area contributed by atoms with Crippen LogP contribution in [-0.4, -0.2) is 39.2 Å². The third-order valence-electron chi connectivity index (χ3n) is 6.47. The average molecular weight is 578 g/mol. The van der Waals surface area contributed by atoms with Crippen LogP contribution in [0.1, 0.15) is 49.0 Å². The molecule has 1 heterocycles. The molecule has 0 aliphatic heterocycles. The van der Waals surface area contributed by atoms with Gasteiger partial charge in [0.25, 0.3) is 0 Å². The number of nitrogens with one attached hydrogen (secondary N) is 1. The first-order valence-electron chi connectivity index (χ1n) is 12.4. The summed E-state index contributed by atoms with van der Waals surface area (Å²) in [6, 6.07) is 14.1. The average Bonchev–Trinajstić information content (AvgIpc) is 3.34. The summed E-state index contributed by atoms with van der Waals surface area (Å²) in [4.78, 5) is 6.99. The minimum absolute atomic E-state index is 0.0217. The molecule has 4 rings (SSSR count). The summed E-state index contributed by atoms with van der Waals surface area (Å²) >= 11 is 0. The molecule has 1 atom stereocenters. The Morgan fingerprint density at radius 3 is 2.27 bits per heavy atom. The van der Waals surface area contributed by atoms with E-state index >= 15 is 0 Å². The van der Waals surface area contributed by atoms with Crippen molar-refractivity contribution in [1.82, 2.24) is 9.97 Å². The fourth-order valence-electron chi connectivity index (χ4n) is 4.47. The number of halogens is 3. The zero-order chi connectivity index (χ0) is 29.2. The lowest BCUT2D eigenvalue weighted by atomic mass is 9.97. The molecule has 0 radical (unpaired) electrons. The number of fused-ring (bicyclic) bond motifs is 1. The van der Waals surface area contributed by atoms with Crippen LogP contribution in [0.15, 0.2) is 59.5 Å². The number of benzene rings is 3. The smallest absolute Gasteiger partial charge is 0.418 e. The van der Waals surface area contributed by atoms with Crippen LogP contribution in [0, 0.1) is 0 Å². The summed E-state index contributed by atoms with van der Waals surface area (Å²) in [5.41, 5.74) is 0.0813. The molecule has 0 bridgehead atoms. The number of rotatable bonds is 10. The second kappa shape index (κ2) is 11.5. The zero-order valence-electron chi connectivity index (χ0n) is 22.4. The molecule has 0 saturated heterocycles. The number of imidazole rings is 1. The summed E-state index contributed by atoms with van der Waals surface area (Å²) in [6.45, 7) is 4.11. The van der Waals surface area contributed by atoms with Crippen molar-refractivity contribution in [2.75, 3.05) is 20.8 Å². The molecule has 1 unspecified atom stereocenters. The Kier molecular flexibility index (Phi) is 8.43. The number of sulfonamides is 1. The second-order valence-electron chi connectivity index (χ2n) is 9.51. The number of aromatic amines is 1. The number of nitrogens with two attached hydrogens (primary N) is 1. The van der Waals surface area contributed by atoms with Gasteiger partial charge in [-0.05, 0) is 29.7 Å². The molecule has 8 nitrogen and oxygen atoms in total. The summed E-state index contributed by atoms with van der Waals surface area (Å²) in [5, 5.41) is 5.33. The normalized spacial score (nSPS) is 13.1. The van der Waals surface area contributed by atoms with E-state index in [-0.39, 0.29) is 57.8 Å². The van der Waals surface area contributed by atoms with E-state index in [0.29, 0.717) is 5.56 Å². The highest BCUT2D eigenvalue weighted by atomic mass is 32.2. The van der Waals surface area contributed by atoms with Crippen LogP contribution in [0.25, 0.3) is 22.4 Å². The first kappa shape index (κ1) is 29.4. The number of aromatic nitrogens is 2. The van der Waals surface area contributed by atoms with Gasteiger partial charge in [0.2, 0.25) is 10.0 Å². The Hall–Kier alpha value is -3.61. The van der Waals surface area contributed by atoms with Crippen LogP contribution < -0.4 is 14.6 Å². The lowest BCUT2D eigenvalue weighted by Crippen LogP contribution is -2.20. The number of para-hydroxylation sites is 1. The Morgan fingerprint density at radius 1 is 1.02 bits per heavy atom. The van der Waals surface area contributed by atoms with Gasteiger partial charge in [0.05, 0.1) is 19.3 Å². The maximum Gasteiger partial charge on any atom is 0.418 e. The van der Waals surface area contributed by atoms with Crippen molar-refractivity contribution in [3.8, 4) is 22.9 Å². The van der Waals surface area contributed by atoms with E-state index in [1.165, 1.54) is 44.6 Å². The molecule has 1 aromatic heterocycles. The summed E-state index contributed by atoms with van der Waals surface area (Å²) in [5.74, 6) is 0.445. The summed E-state index contributed by atoms with van der Waals surface area (Å²) in [6.07, 6.45) is -6.17. The molecular weight excluding hydrogens is 547 g/mol. The number of hydrogen-bond donors (Lipinski definition) is 2. The number of ether oxygens (including phenoxy) is 3. The summed E-state index contributed by atoms with van der Waals surface area (Å²) in [7, 11) is -1.49. The van der Waals surface area contributed by atoms with E-state index in [0.717, 1.165) is 5.56 Å². The van der Waals surface area contributed by atoms with Gasteiger partial charge in [-0.2, -0.15) is 13.2 Å². The number of hydrogen-bond acceptors (Lipinski definition) is 6. The molecule has 0 spiro atoms. The molecule has 214 valence electrons. The molecule has 0 saturated carbocycles. The molecule has 0 fully saturated rings. The van der Waals surface area contributed by atoms with Crippen molar-refractivity contribution in [3.05, 3.63) is 71.3 Å². The van der Waals surface area contributed by atoms with Crippen LogP contribution in [0.2, 0.25) is 0 Å². The maximum absolute atomic E-state index is 14.8. The van der Waals surface area contributed by atoms with Gasteiger partial charge >= 0.3 is 6.18 Å². The number of alkyl halides is 3. The lowest BCUT2D eigenvalue weighted by molar-refractivity contribution is -0.137. The first-order valence-corrected chi connectivity index (χ1v) is 13.9. The maximum atomic E-state index is 14.8. The molecule has 3 aromatic carbocycles. The minimum atomic E-state index is -4.85. The van der Waals surface area contributed by atoms with Gasteiger partial charge in [0.1, 0.15) is 39.4 Å². The van der Waals surface area contributed by atoms with Crippen molar-refractivity contribution in [2.24, 2.45) is 5.14 Å². The Labute approximate surface area is 230 Å². The van der Waals surface area contributed by atoms with Gasteiger partial charge in [-0.3, -0.25) is 0 Å². The molecule has 3 N–H and O–H groups in total. The van der Waals surface area contributed by atoms with Gasteiger partial charge in [-0.1, -0.05) is 50.2 Å². The van der Waals surface area contributed by atoms with Crippen molar-refractivity contribution in [1.29, 1.82) is 0 Å². The summed E-state index contributed by atoms with van der Waals surface area (Å²) < 4.78 is 85.1. The van der Waals surface area contributed by atoms with Crippen LogP contribution in [0.5, 0.6) is 11.5 Å². The Morgan fingerprint density at radius 2 is 1.70 bits per heavy atom. The third kappa shape index (κ3) is 6.08. The number of methoxy groups -OCH3 is 2. The molecule has 4 aromatic rings. The van der Waals surface area contributed by atoms with Crippen LogP contribution in [0.3, 0.4) is 0 Å². The standard InChI is InChI=1S/C28H30F3N3O5S/c1-16(2)17-9-11-18(12-10-17)27-33-25-22(38-4)15-19(24(26(25)34-27)28(29,30)31)20(13-14-37-3)39-21-7-5-6-8-23(21)40(32,35)36/h5-12,15-16,20H,13-14H2,1-4H3,(H,33,34)(H2,32,35,36). The lowest BCUT2D eigenvalue weighted by Gasteiger charge is -2.25. The van der Waals surface area contributed by atoms with E-state index in [2.05, 4.69) is 9.97 Å². The monoisotopic (exact) mass is 577 g/mol. The predicted molar refractivity (Wildman–Crippen MR) is 145 cm³/mol. The number of H-pyrrole nitrogens is 1. The highest BCUT2D eigenvalue weighted by Gasteiger charge is 2.40. The molecule has 0 aliphatic carbocycles. The Balaban J connectivity index is 1.93. The molecule has 40 heavy (non-hydrogen) atoms. The number of nitrogens with zero attached hydrogens (tertiary/aromatic N) is 1. The largest absolute Gasteiger partial charge is 0.494 e. The molecular formula is C28H30F3N3O5S. The minimum Gasteiger partial charge on any atom is -0.494 e. The molecule has 12 heteroatoms. The fourth-order valence-corrected chi connectivity index (χ4v) is 5.13. The van der Waals surface area contributed by atoms with E-state index in [9.17, 15) is 21.6 Å². The first-order chi connectivity index (χ1) is 18.8.